The van der Waals surface area contributed by atoms with E-state index in [1.807, 2.05) is 19.1 Å². The standard InChI is InChI=1S/C13H11NO2S/c1-9-3-2-8-14-12(9)17-11-6-4-10(5-7-11)13(15)16/h2-8H,1H3,(H,15,16). The summed E-state index contributed by atoms with van der Waals surface area (Å²) in [5.74, 6) is -0.907. The summed E-state index contributed by atoms with van der Waals surface area (Å²) in [5, 5.41) is 9.73. The van der Waals surface area contributed by atoms with Gasteiger partial charge in [-0.15, -0.1) is 0 Å². The number of rotatable bonds is 3. The third-order valence-corrected chi connectivity index (χ3v) is 3.41. The van der Waals surface area contributed by atoms with Crippen LogP contribution in [0, 0.1) is 6.92 Å². The molecule has 3 nitrogen and oxygen atoms in total. The van der Waals surface area contributed by atoms with Crippen LogP contribution < -0.4 is 0 Å². The second-order valence-corrected chi connectivity index (χ2v) is 4.62. The predicted molar refractivity (Wildman–Crippen MR) is 66.5 cm³/mol. The summed E-state index contributed by atoms with van der Waals surface area (Å²) in [4.78, 5) is 16.0. The SMILES string of the molecule is Cc1cccnc1Sc1ccc(C(=O)O)cc1. The van der Waals surface area contributed by atoms with Crippen molar-refractivity contribution in [2.24, 2.45) is 0 Å². The van der Waals surface area contributed by atoms with E-state index in [2.05, 4.69) is 4.98 Å². The predicted octanol–water partition coefficient (Wildman–Crippen LogP) is 3.24. The van der Waals surface area contributed by atoms with Crippen molar-refractivity contribution in [3.63, 3.8) is 0 Å². The summed E-state index contributed by atoms with van der Waals surface area (Å²) in [6.45, 7) is 2.00. The zero-order chi connectivity index (χ0) is 12.3. The minimum atomic E-state index is -0.907. The highest BCUT2D eigenvalue weighted by atomic mass is 32.2. The maximum absolute atomic E-state index is 10.7. The lowest BCUT2D eigenvalue weighted by molar-refractivity contribution is 0.0697. The summed E-state index contributed by atoms with van der Waals surface area (Å²) in [7, 11) is 0. The van der Waals surface area contributed by atoms with Gasteiger partial charge in [-0.2, -0.15) is 0 Å². The fourth-order valence-electron chi connectivity index (χ4n) is 1.36. The van der Waals surface area contributed by atoms with Crippen molar-refractivity contribution in [1.82, 2.24) is 4.98 Å². The van der Waals surface area contributed by atoms with Gasteiger partial charge >= 0.3 is 5.97 Å². The third-order valence-electron chi connectivity index (χ3n) is 2.28. The number of aromatic nitrogens is 1. The van der Waals surface area contributed by atoms with Gasteiger partial charge in [0.25, 0.3) is 0 Å². The van der Waals surface area contributed by atoms with Crippen LogP contribution in [0.5, 0.6) is 0 Å². The van der Waals surface area contributed by atoms with Crippen LogP contribution in [-0.2, 0) is 0 Å². The lowest BCUT2D eigenvalue weighted by atomic mass is 10.2. The van der Waals surface area contributed by atoms with Gasteiger partial charge in [0.15, 0.2) is 0 Å². The van der Waals surface area contributed by atoms with Crippen molar-refractivity contribution in [3.05, 3.63) is 53.7 Å². The van der Waals surface area contributed by atoms with Gasteiger partial charge in [-0.05, 0) is 42.8 Å². The summed E-state index contributed by atoms with van der Waals surface area (Å²) in [5.41, 5.74) is 1.41. The topological polar surface area (TPSA) is 50.2 Å². The lowest BCUT2D eigenvalue weighted by Gasteiger charge is -2.04. The highest BCUT2D eigenvalue weighted by Gasteiger charge is 2.04. The number of aromatic carboxylic acids is 1. The Kier molecular flexibility index (Phi) is 3.44. The van der Waals surface area contributed by atoms with E-state index < -0.39 is 5.97 Å². The molecule has 0 saturated heterocycles. The summed E-state index contributed by atoms with van der Waals surface area (Å²) >= 11 is 1.53. The zero-order valence-corrected chi connectivity index (χ0v) is 10.1. The first-order chi connectivity index (χ1) is 8.16. The lowest BCUT2D eigenvalue weighted by Crippen LogP contribution is -1.94. The Morgan fingerprint density at radius 2 is 1.94 bits per heavy atom. The molecule has 0 unspecified atom stereocenters. The summed E-state index contributed by atoms with van der Waals surface area (Å²) in [6.07, 6.45) is 1.75. The number of hydrogen-bond acceptors (Lipinski definition) is 3. The molecule has 0 radical (unpaired) electrons. The number of pyridine rings is 1. The fourth-order valence-corrected chi connectivity index (χ4v) is 2.19. The van der Waals surface area contributed by atoms with Crippen molar-refractivity contribution in [1.29, 1.82) is 0 Å². The van der Waals surface area contributed by atoms with Gasteiger partial charge < -0.3 is 5.11 Å². The summed E-state index contributed by atoms with van der Waals surface area (Å²) in [6, 6.07) is 10.7. The van der Waals surface area contributed by atoms with Crippen molar-refractivity contribution >= 4 is 17.7 Å². The Morgan fingerprint density at radius 3 is 2.53 bits per heavy atom. The molecule has 0 fully saturated rings. The zero-order valence-electron chi connectivity index (χ0n) is 9.25. The molecule has 2 rings (SSSR count). The van der Waals surface area contributed by atoms with Gasteiger partial charge in [-0.1, -0.05) is 17.8 Å². The maximum atomic E-state index is 10.7. The molecule has 2 aromatic rings. The highest BCUT2D eigenvalue weighted by molar-refractivity contribution is 7.99. The molecular formula is C13H11NO2S. The molecule has 1 aromatic carbocycles. The Bertz CT molecular complexity index is 537. The molecular weight excluding hydrogens is 234 g/mol. The Labute approximate surface area is 104 Å². The van der Waals surface area contributed by atoms with Crippen molar-refractivity contribution in [2.75, 3.05) is 0 Å². The minimum absolute atomic E-state index is 0.298. The molecule has 0 aliphatic carbocycles. The van der Waals surface area contributed by atoms with Crippen LogP contribution in [0.3, 0.4) is 0 Å². The molecule has 1 N–H and O–H groups in total. The van der Waals surface area contributed by atoms with Crippen LogP contribution in [0.2, 0.25) is 0 Å². The normalized spacial score (nSPS) is 10.2. The monoisotopic (exact) mass is 245 g/mol. The quantitative estimate of drug-likeness (QED) is 0.901. The average Bonchev–Trinajstić information content (AvgIpc) is 2.33. The minimum Gasteiger partial charge on any atom is -0.478 e. The van der Waals surface area contributed by atoms with Crippen LogP contribution in [0.1, 0.15) is 15.9 Å². The fraction of sp³-hybridized carbons (Fsp3) is 0.0769. The molecule has 0 aliphatic rings. The smallest absolute Gasteiger partial charge is 0.335 e. The van der Waals surface area contributed by atoms with Gasteiger partial charge in [0.2, 0.25) is 0 Å². The number of carboxylic acid groups (broad SMARTS) is 1. The van der Waals surface area contributed by atoms with E-state index in [1.54, 1.807) is 30.5 Å². The van der Waals surface area contributed by atoms with E-state index in [1.165, 1.54) is 11.8 Å². The number of aryl methyl sites for hydroxylation is 1. The molecule has 17 heavy (non-hydrogen) atoms. The summed E-state index contributed by atoms with van der Waals surface area (Å²) < 4.78 is 0. The second-order valence-electron chi connectivity index (χ2n) is 3.56. The van der Waals surface area contributed by atoms with E-state index in [9.17, 15) is 4.79 Å². The van der Waals surface area contributed by atoms with Crippen LogP contribution in [0.15, 0.2) is 52.5 Å². The highest BCUT2D eigenvalue weighted by Crippen LogP contribution is 2.28. The van der Waals surface area contributed by atoms with Crippen molar-refractivity contribution < 1.29 is 9.90 Å². The van der Waals surface area contributed by atoms with Gasteiger partial charge in [0.1, 0.15) is 5.03 Å². The molecule has 0 bridgehead atoms. The number of carbonyl (C=O) groups is 1. The molecule has 1 heterocycles. The molecule has 0 saturated carbocycles. The van der Waals surface area contributed by atoms with E-state index in [0.717, 1.165) is 15.5 Å². The van der Waals surface area contributed by atoms with E-state index in [0.29, 0.717) is 5.56 Å². The van der Waals surface area contributed by atoms with Crippen LogP contribution >= 0.6 is 11.8 Å². The molecule has 0 atom stereocenters. The van der Waals surface area contributed by atoms with Gasteiger partial charge in [-0.25, -0.2) is 9.78 Å². The van der Waals surface area contributed by atoms with Gasteiger partial charge in [-0.3, -0.25) is 0 Å². The second kappa shape index (κ2) is 5.01. The molecule has 0 amide bonds. The van der Waals surface area contributed by atoms with Crippen molar-refractivity contribution in [3.8, 4) is 0 Å². The molecule has 1 aromatic heterocycles. The van der Waals surface area contributed by atoms with Crippen molar-refractivity contribution in [2.45, 2.75) is 16.8 Å². The van der Waals surface area contributed by atoms with Crippen LogP contribution in [0.25, 0.3) is 0 Å². The first kappa shape index (κ1) is 11.7. The Hall–Kier alpha value is -1.81. The average molecular weight is 245 g/mol. The number of carboxylic acids is 1. The van der Waals surface area contributed by atoms with Crippen LogP contribution in [0.4, 0.5) is 0 Å². The maximum Gasteiger partial charge on any atom is 0.335 e. The first-order valence-electron chi connectivity index (χ1n) is 5.09. The van der Waals surface area contributed by atoms with E-state index in [-0.39, 0.29) is 0 Å². The Morgan fingerprint density at radius 1 is 1.24 bits per heavy atom. The van der Waals surface area contributed by atoms with Gasteiger partial charge in [0.05, 0.1) is 5.56 Å². The third kappa shape index (κ3) is 2.85. The van der Waals surface area contributed by atoms with E-state index in [4.69, 9.17) is 5.11 Å². The number of hydrogen-bond donors (Lipinski definition) is 1. The van der Waals surface area contributed by atoms with Gasteiger partial charge in [0, 0.05) is 11.1 Å². The molecule has 86 valence electrons. The number of benzene rings is 1. The largest absolute Gasteiger partial charge is 0.478 e. The number of nitrogens with zero attached hydrogens (tertiary/aromatic N) is 1. The molecule has 0 spiro atoms. The molecule has 0 aliphatic heterocycles. The first-order valence-corrected chi connectivity index (χ1v) is 5.91. The van der Waals surface area contributed by atoms with E-state index >= 15 is 0 Å². The Balaban J connectivity index is 2.20. The molecule has 4 heteroatoms. The van der Waals surface area contributed by atoms with Crippen LogP contribution in [-0.4, -0.2) is 16.1 Å².